The summed E-state index contributed by atoms with van der Waals surface area (Å²) in [5, 5.41) is 2.98. The molecule has 0 aromatic heterocycles. The van der Waals surface area contributed by atoms with Crippen molar-refractivity contribution in [3.8, 4) is 0 Å². The molecule has 0 amide bonds. The average molecular weight is 179 g/mol. The van der Waals surface area contributed by atoms with Gasteiger partial charge in [0.05, 0.1) is 0 Å². The van der Waals surface area contributed by atoms with Crippen molar-refractivity contribution in [1.82, 2.24) is 5.32 Å². The Hall–Kier alpha value is -0.890. The lowest BCUT2D eigenvalue weighted by molar-refractivity contribution is 1.19. The van der Waals surface area contributed by atoms with E-state index in [1.807, 2.05) is 7.05 Å². The third-order valence-electron chi connectivity index (χ3n) is 1.86. The molecule has 0 aliphatic carbocycles. The molecule has 0 fully saturated rings. The summed E-state index contributed by atoms with van der Waals surface area (Å²) in [5.74, 6) is 0. The summed E-state index contributed by atoms with van der Waals surface area (Å²) in [6.45, 7) is 4.14. The topological polar surface area (TPSA) is 12.0 Å². The second-order valence-electron chi connectivity index (χ2n) is 2.90. The minimum atomic E-state index is 0.816. The highest BCUT2D eigenvalue weighted by Crippen LogP contribution is 2.10. The Bertz CT molecular complexity index is 305. The third-order valence-corrected chi connectivity index (χ3v) is 2.29. The average Bonchev–Trinajstić information content (AvgIpc) is 2.08. The SMILES string of the molecule is CNC(=S)c1cc(C)ccc1C. The van der Waals surface area contributed by atoms with E-state index >= 15 is 0 Å². The maximum Gasteiger partial charge on any atom is 0.106 e. The van der Waals surface area contributed by atoms with E-state index in [0.717, 1.165) is 10.6 Å². The highest BCUT2D eigenvalue weighted by Gasteiger charge is 2.01. The van der Waals surface area contributed by atoms with Crippen LogP contribution in [0.15, 0.2) is 18.2 Å². The number of hydrogen-bond acceptors (Lipinski definition) is 1. The molecule has 1 nitrogen and oxygen atoms in total. The van der Waals surface area contributed by atoms with Gasteiger partial charge in [-0.25, -0.2) is 0 Å². The molecule has 0 saturated carbocycles. The Balaban J connectivity index is 3.13. The zero-order valence-electron chi connectivity index (χ0n) is 7.64. The molecular formula is C10H13NS. The number of nitrogens with one attached hydrogen (secondary N) is 1. The number of aryl methyl sites for hydroxylation is 2. The van der Waals surface area contributed by atoms with Crippen molar-refractivity contribution in [3.63, 3.8) is 0 Å². The predicted molar refractivity (Wildman–Crippen MR) is 56.7 cm³/mol. The molecule has 2 heteroatoms. The van der Waals surface area contributed by atoms with Crippen LogP contribution in [0.3, 0.4) is 0 Å². The van der Waals surface area contributed by atoms with Crippen LogP contribution in [0.2, 0.25) is 0 Å². The van der Waals surface area contributed by atoms with Gasteiger partial charge < -0.3 is 5.32 Å². The minimum Gasteiger partial charge on any atom is -0.379 e. The molecule has 0 heterocycles. The molecule has 0 atom stereocenters. The molecule has 1 aromatic carbocycles. The third kappa shape index (κ3) is 1.83. The Kier molecular flexibility index (Phi) is 2.82. The summed E-state index contributed by atoms with van der Waals surface area (Å²) in [5.41, 5.74) is 3.60. The molecule has 0 radical (unpaired) electrons. The fraction of sp³-hybridized carbons (Fsp3) is 0.300. The lowest BCUT2D eigenvalue weighted by Gasteiger charge is -2.07. The van der Waals surface area contributed by atoms with Gasteiger partial charge in [0.2, 0.25) is 0 Å². The molecule has 64 valence electrons. The van der Waals surface area contributed by atoms with Gasteiger partial charge in [0, 0.05) is 12.6 Å². The molecule has 0 bridgehead atoms. The van der Waals surface area contributed by atoms with Crippen molar-refractivity contribution >= 4 is 17.2 Å². The van der Waals surface area contributed by atoms with E-state index in [9.17, 15) is 0 Å². The van der Waals surface area contributed by atoms with E-state index in [-0.39, 0.29) is 0 Å². The van der Waals surface area contributed by atoms with Crippen LogP contribution >= 0.6 is 12.2 Å². The molecule has 1 rings (SSSR count). The lowest BCUT2D eigenvalue weighted by Crippen LogP contribution is -2.17. The first-order valence-electron chi connectivity index (χ1n) is 3.94. The van der Waals surface area contributed by atoms with Gasteiger partial charge in [0.25, 0.3) is 0 Å². The van der Waals surface area contributed by atoms with Gasteiger partial charge >= 0.3 is 0 Å². The first kappa shape index (κ1) is 9.20. The molecule has 0 unspecified atom stereocenters. The summed E-state index contributed by atoms with van der Waals surface area (Å²) in [6.07, 6.45) is 0. The van der Waals surface area contributed by atoms with Crippen molar-refractivity contribution in [2.45, 2.75) is 13.8 Å². The monoisotopic (exact) mass is 179 g/mol. The molecule has 1 N–H and O–H groups in total. The summed E-state index contributed by atoms with van der Waals surface area (Å²) >= 11 is 5.16. The summed E-state index contributed by atoms with van der Waals surface area (Å²) < 4.78 is 0. The summed E-state index contributed by atoms with van der Waals surface area (Å²) in [4.78, 5) is 0.816. The van der Waals surface area contributed by atoms with E-state index < -0.39 is 0 Å². The highest BCUT2D eigenvalue weighted by atomic mass is 32.1. The molecule has 12 heavy (non-hydrogen) atoms. The van der Waals surface area contributed by atoms with Gasteiger partial charge in [-0.3, -0.25) is 0 Å². The van der Waals surface area contributed by atoms with Crippen molar-refractivity contribution in [3.05, 3.63) is 34.9 Å². The maximum atomic E-state index is 5.16. The van der Waals surface area contributed by atoms with Crippen LogP contribution in [0.25, 0.3) is 0 Å². The fourth-order valence-corrected chi connectivity index (χ4v) is 1.34. The van der Waals surface area contributed by atoms with Gasteiger partial charge in [-0.1, -0.05) is 29.9 Å². The first-order chi connectivity index (χ1) is 5.65. The van der Waals surface area contributed by atoms with Crippen LogP contribution in [0.1, 0.15) is 16.7 Å². The highest BCUT2D eigenvalue weighted by molar-refractivity contribution is 7.80. The molecule has 0 spiro atoms. The molecular weight excluding hydrogens is 166 g/mol. The van der Waals surface area contributed by atoms with E-state index in [0.29, 0.717) is 0 Å². The van der Waals surface area contributed by atoms with Crippen LogP contribution in [-0.2, 0) is 0 Å². The second-order valence-corrected chi connectivity index (χ2v) is 3.31. The van der Waals surface area contributed by atoms with Crippen molar-refractivity contribution in [2.24, 2.45) is 0 Å². The van der Waals surface area contributed by atoms with Crippen LogP contribution in [-0.4, -0.2) is 12.0 Å². The van der Waals surface area contributed by atoms with Gasteiger partial charge in [-0.05, 0) is 25.5 Å². The van der Waals surface area contributed by atoms with Crippen LogP contribution in [0, 0.1) is 13.8 Å². The second kappa shape index (κ2) is 3.68. The fourth-order valence-electron chi connectivity index (χ4n) is 1.12. The predicted octanol–water partition coefficient (Wildman–Crippen LogP) is 2.20. The van der Waals surface area contributed by atoms with E-state index in [2.05, 4.69) is 37.4 Å². The zero-order valence-corrected chi connectivity index (χ0v) is 8.46. The quantitative estimate of drug-likeness (QED) is 0.663. The van der Waals surface area contributed by atoms with E-state index in [4.69, 9.17) is 12.2 Å². The standard InChI is InChI=1S/C10H13NS/c1-7-4-5-8(2)9(6-7)10(12)11-3/h4-6H,1-3H3,(H,11,12). The Morgan fingerprint density at radius 3 is 2.58 bits per heavy atom. The number of benzene rings is 1. The molecule has 1 aromatic rings. The van der Waals surface area contributed by atoms with Crippen molar-refractivity contribution < 1.29 is 0 Å². The number of rotatable bonds is 1. The van der Waals surface area contributed by atoms with Gasteiger partial charge in [0.15, 0.2) is 0 Å². The number of thiocarbonyl (C=S) groups is 1. The first-order valence-corrected chi connectivity index (χ1v) is 4.35. The zero-order chi connectivity index (χ0) is 9.14. The van der Waals surface area contributed by atoms with Gasteiger partial charge in [-0.2, -0.15) is 0 Å². The van der Waals surface area contributed by atoms with Gasteiger partial charge in [-0.15, -0.1) is 0 Å². The smallest absolute Gasteiger partial charge is 0.106 e. The maximum absolute atomic E-state index is 5.16. The molecule has 0 aliphatic heterocycles. The normalized spacial score (nSPS) is 9.58. The van der Waals surface area contributed by atoms with E-state index in [1.54, 1.807) is 0 Å². The molecule has 0 aliphatic rings. The minimum absolute atomic E-state index is 0.816. The van der Waals surface area contributed by atoms with Crippen LogP contribution < -0.4 is 5.32 Å². The van der Waals surface area contributed by atoms with Crippen molar-refractivity contribution in [1.29, 1.82) is 0 Å². The lowest BCUT2D eigenvalue weighted by atomic mass is 10.1. The molecule has 0 saturated heterocycles. The summed E-state index contributed by atoms with van der Waals surface area (Å²) in [6, 6.07) is 6.29. The van der Waals surface area contributed by atoms with Crippen molar-refractivity contribution in [2.75, 3.05) is 7.05 Å². The largest absolute Gasteiger partial charge is 0.379 e. The van der Waals surface area contributed by atoms with E-state index in [1.165, 1.54) is 11.1 Å². The van der Waals surface area contributed by atoms with Gasteiger partial charge in [0.1, 0.15) is 4.99 Å². The Morgan fingerprint density at radius 2 is 2.00 bits per heavy atom. The Morgan fingerprint density at radius 1 is 1.33 bits per heavy atom. The van der Waals surface area contributed by atoms with Crippen LogP contribution in [0.4, 0.5) is 0 Å². The van der Waals surface area contributed by atoms with Crippen LogP contribution in [0.5, 0.6) is 0 Å². The number of hydrogen-bond donors (Lipinski definition) is 1. The Labute approximate surface area is 78.8 Å². The summed E-state index contributed by atoms with van der Waals surface area (Å²) in [7, 11) is 1.85.